The van der Waals surface area contributed by atoms with E-state index >= 15 is 8.78 Å². The fourth-order valence-corrected chi connectivity index (χ4v) is 4.56. The summed E-state index contributed by atoms with van der Waals surface area (Å²) in [5.41, 5.74) is -0.993. The number of fused-ring (bicyclic) bond motifs is 1. The number of aromatic nitrogens is 3. The molecule has 0 spiro atoms. The maximum atomic E-state index is 15.3. The molecule has 216 valence electrons. The number of hydrogen-bond donors (Lipinski definition) is 1. The van der Waals surface area contributed by atoms with Crippen LogP contribution in [0.1, 0.15) is 20.3 Å². The molecule has 3 aromatic rings. The Labute approximate surface area is 232 Å². The minimum atomic E-state index is -1.01. The van der Waals surface area contributed by atoms with E-state index in [1.807, 2.05) is 13.8 Å². The van der Waals surface area contributed by atoms with E-state index in [0.29, 0.717) is 56.1 Å². The Morgan fingerprint density at radius 1 is 1.07 bits per heavy atom. The summed E-state index contributed by atoms with van der Waals surface area (Å²) >= 11 is 0. The number of methoxy groups -OCH3 is 2. The van der Waals surface area contributed by atoms with Gasteiger partial charge in [0.15, 0.2) is 23.1 Å². The van der Waals surface area contributed by atoms with Gasteiger partial charge in [0, 0.05) is 57.4 Å². The second-order valence-electron chi connectivity index (χ2n) is 8.75. The SMILES string of the molecule is C=CC(=O)N1CCN(CCCn2c(=O)c(-c3c(F)c(OC)cc(OC)c3F)cc3cnc(NC)nc32)CC1.CC. The fraction of sp³-hybridized carbons (Fsp3) is 0.429. The molecule has 2 aromatic heterocycles. The molecule has 1 aliphatic rings. The van der Waals surface area contributed by atoms with Crippen LogP contribution >= 0.6 is 0 Å². The van der Waals surface area contributed by atoms with Gasteiger partial charge in [-0.3, -0.25) is 19.1 Å². The molecule has 4 rings (SSSR count). The first-order chi connectivity index (χ1) is 19.3. The number of rotatable bonds is 9. The molecular weight excluding hydrogens is 522 g/mol. The van der Waals surface area contributed by atoms with Crippen molar-refractivity contribution in [2.45, 2.75) is 26.8 Å². The van der Waals surface area contributed by atoms with Crippen LogP contribution in [-0.2, 0) is 11.3 Å². The molecule has 0 unspecified atom stereocenters. The van der Waals surface area contributed by atoms with Gasteiger partial charge in [-0.15, -0.1) is 0 Å². The molecule has 1 aromatic carbocycles. The van der Waals surface area contributed by atoms with Crippen molar-refractivity contribution in [2.75, 3.05) is 59.3 Å². The van der Waals surface area contributed by atoms with Crippen molar-refractivity contribution in [3.63, 3.8) is 0 Å². The van der Waals surface area contributed by atoms with Gasteiger partial charge in [-0.05, 0) is 25.1 Å². The van der Waals surface area contributed by atoms with Gasteiger partial charge in [0.25, 0.3) is 5.56 Å². The van der Waals surface area contributed by atoms with Crippen molar-refractivity contribution in [1.29, 1.82) is 0 Å². The van der Waals surface area contributed by atoms with Crippen LogP contribution in [0, 0.1) is 11.6 Å². The van der Waals surface area contributed by atoms with Crippen molar-refractivity contribution in [3.05, 3.63) is 53.0 Å². The van der Waals surface area contributed by atoms with E-state index in [1.54, 1.807) is 11.9 Å². The molecule has 0 aliphatic carbocycles. The number of nitrogens with one attached hydrogen (secondary N) is 1. The Balaban J connectivity index is 0.00000216. The van der Waals surface area contributed by atoms with E-state index < -0.39 is 22.8 Å². The maximum absolute atomic E-state index is 15.3. The summed E-state index contributed by atoms with van der Waals surface area (Å²) in [6, 6.07) is 2.47. The number of piperazine rings is 1. The minimum Gasteiger partial charge on any atom is -0.494 e. The van der Waals surface area contributed by atoms with Gasteiger partial charge in [-0.25, -0.2) is 13.8 Å². The highest BCUT2D eigenvalue weighted by Crippen LogP contribution is 2.37. The highest BCUT2D eigenvalue weighted by atomic mass is 19.1. The molecule has 0 atom stereocenters. The summed E-state index contributed by atoms with van der Waals surface area (Å²) in [6.45, 7) is 11.0. The van der Waals surface area contributed by atoms with Crippen molar-refractivity contribution in [3.8, 4) is 22.6 Å². The number of anilines is 1. The molecular formula is C28H36F2N6O4. The van der Waals surface area contributed by atoms with Crippen molar-refractivity contribution < 1.29 is 23.0 Å². The van der Waals surface area contributed by atoms with Gasteiger partial charge in [-0.2, -0.15) is 4.98 Å². The van der Waals surface area contributed by atoms with Crippen LogP contribution in [0.5, 0.6) is 11.5 Å². The van der Waals surface area contributed by atoms with Gasteiger partial charge in [0.1, 0.15) is 5.65 Å². The summed E-state index contributed by atoms with van der Waals surface area (Å²) in [5, 5.41) is 3.29. The molecule has 1 aliphatic heterocycles. The van der Waals surface area contributed by atoms with E-state index in [2.05, 4.69) is 26.8 Å². The van der Waals surface area contributed by atoms with Crippen LogP contribution in [0.4, 0.5) is 14.7 Å². The van der Waals surface area contributed by atoms with Crippen LogP contribution in [0.15, 0.2) is 35.8 Å². The quantitative estimate of drug-likeness (QED) is 0.398. The number of carbonyl (C=O) groups excluding carboxylic acids is 1. The van der Waals surface area contributed by atoms with Crippen LogP contribution in [0.2, 0.25) is 0 Å². The van der Waals surface area contributed by atoms with Gasteiger partial charge >= 0.3 is 0 Å². The molecule has 12 heteroatoms. The number of ether oxygens (including phenoxy) is 2. The van der Waals surface area contributed by atoms with Gasteiger partial charge in [0.05, 0.1) is 25.3 Å². The molecule has 3 heterocycles. The van der Waals surface area contributed by atoms with Crippen LogP contribution in [0.25, 0.3) is 22.2 Å². The predicted molar refractivity (Wildman–Crippen MR) is 151 cm³/mol. The smallest absolute Gasteiger partial charge is 0.260 e. The average Bonchev–Trinajstić information content (AvgIpc) is 2.99. The lowest BCUT2D eigenvalue weighted by Gasteiger charge is -2.34. The largest absolute Gasteiger partial charge is 0.494 e. The number of aryl methyl sites for hydroxylation is 1. The topological polar surface area (TPSA) is 102 Å². The Hall–Kier alpha value is -4.06. The maximum Gasteiger partial charge on any atom is 0.260 e. The lowest BCUT2D eigenvalue weighted by atomic mass is 10.0. The first kappa shape index (κ1) is 30.5. The average molecular weight is 559 g/mol. The monoisotopic (exact) mass is 558 g/mol. The summed E-state index contributed by atoms with van der Waals surface area (Å²) < 4.78 is 42.2. The number of carbonyl (C=O) groups is 1. The third-order valence-electron chi connectivity index (χ3n) is 6.61. The number of hydrogen-bond acceptors (Lipinski definition) is 8. The second-order valence-corrected chi connectivity index (χ2v) is 8.75. The summed E-state index contributed by atoms with van der Waals surface area (Å²) in [6.07, 6.45) is 3.38. The molecule has 0 saturated carbocycles. The predicted octanol–water partition coefficient (Wildman–Crippen LogP) is 3.54. The van der Waals surface area contributed by atoms with Gasteiger partial charge < -0.3 is 19.7 Å². The Morgan fingerprint density at radius 3 is 2.25 bits per heavy atom. The fourth-order valence-electron chi connectivity index (χ4n) is 4.56. The van der Waals surface area contributed by atoms with E-state index in [0.717, 1.165) is 6.07 Å². The number of benzene rings is 1. The van der Waals surface area contributed by atoms with Crippen LogP contribution in [-0.4, -0.2) is 84.2 Å². The third-order valence-corrected chi connectivity index (χ3v) is 6.61. The number of pyridine rings is 1. The highest BCUT2D eigenvalue weighted by Gasteiger charge is 2.26. The number of nitrogens with zero attached hydrogens (tertiary/aromatic N) is 5. The Bertz CT molecular complexity index is 1390. The van der Waals surface area contributed by atoms with Crippen LogP contribution in [0.3, 0.4) is 0 Å². The lowest BCUT2D eigenvalue weighted by molar-refractivity contribution is -0.127. The Morgan fingerprint density at radius 2 is 1.70 bits per heavy atom. The summed E-state index contributed by atoms with van der Waals surface area (Å²) in [5.74, 6) is -2.29. The standard InChI is InChI=1S/C26H30F2N6O4.C2H6/c1-5-20(35)33-11-9-32(10-12-33)7-6-8-34-24-16(15-30-26(29-2)31-24)13-17(25(34)36)21-22(27)18(37-3)14-19(38-4)23(21)28;1-2/h5,13-15H,1,6-12H2,2-4H3,(H,29,30,31);1-2H3. The first-order valence-electron chi connectivity index (χ1n) is 13.1. The molecule has 0 bridgehead atoms. The minimum absolute atomic E-state index is 0.0897. The van der Waals surface area contributed by atoms with Crippen molar-refractivity contribution in [1.82, 2.24) is 24.3 Å². The van der Waals surface area contributed by atoms with E-state index in [1.165, 1.54) is 37.1 Å². The zero-order chi connectivity index (χ0) is 29.4. The highest BCUT2D eigenvalue weighted by molar-refractivity contribution is 5.87. The molecule has 40 heavy (non-hydrogen) atoms. The molecule has 10 nitrogen and oxygen atoms in total. The van der Waals surface area contributed by atoms with Crippen LogP contribution < -0.4 is 20.3 Å². The van der Waals surface area contributed by atoms with Crippen molar-refractivity contribution in [2.24, 2.45) is 0 Å². The summed E-state index contributed by atoms with van der Waals surface area (Å²) in [7, 11) is 4.15. The third kappa shape index (κ3) is 6.22. The molecule has 1 fully saturated rings. The van der Waals surface area contributed by atoms with E-state index in [9.17, 15) is 9.59 Å². The lowest BCUT2D eigenvalue weighted by Crippen LogP contribution is -2.48. The zero-order valence-electron chi connectivity index (χ0n) is 23.6. The van der Waals surface area contributed by atoms with Gasteiger partial charge in [0.2, 0.25) is 11.9 Å². The second kappa shape index (κ2) is 13.8. The normalized spacial score (nSPS) is 13.4. The molecule has 0 radical (unpaired) electrons. The van der Waals surface area contributed by atoms with E-state index in [-0.39, 0.29) is 29.5 Å². The number of halogens is 2. The molecule has 1 amide bonds. The molecule has 1 N–H and O–H groups in total. The number of amides is 1. The van der Waals surface area contributed by atoms with Crippen molar-refractivity contribution >= 4 is 22.9 Å². The Kier molecular flexibility index (Phi) is 10.5. The first-order valence-corrected chi connectivity index (χ1v) is 13.1. The zero-order valence-corrected chi connectivity index (χ0v) is 23.6. The van der Waals surface area contributed by atoms with Gasteiger partial charge in [-0.1, -0.05) is 20.4 Å². The van der Waals surface area contributed by atoms with E-state index in [4.69, 9.17) is 9.47 Å². The molecule has 1 saturated heterocycles. The summed E-state index contributed by atoms with van der Waals surface area (Å²) in [4.78, 5) is 38.1.